The summed E-state index contributed by atoms with van der Waals surface area (Å²) in [4.78, 5) is 33.3. The topological polar surface area (TPSA) is 84.1 Å². The number of thiazole rings is 1. The molecule has 41 heavy (non-hydrogen) atoms. The monoisotopic (exact) mass is 563 g/mol. The van der Waals surface area contributed by atoms with E-state index in [4.69, 9.17) is 19.2 Å². The Kier molecular flexibility index (Phi) is 6.09. The van der Waals surface area contributed by atoms with Crippen LogP contribution in [0.3, 0.4) is 0 Å². The Bertz CT molecular complexity index is 2050. The third-order valence-corrected chi connectivity index (χ3v) is 8.28. The number of fused-ring (bicyclic) bond motifs is 3. The van der Waals surface area contributed by atoms with Gasteiger partial charge in [0.2, 0.25) is 6.79 Å². The van der Waals surface area contributed by atoms with E-state index in [1.807, 2.05) is 90.6 Å². The molecule has 0 N–H and O–H groups in total. The molecule has 4 heterocycles. The summed E-state index contributed by atoms with van der Waals surface area (Å²) in [5.41, 5.74) is 3.98. The number of para-hydroxylation sites is 1. The first-order chi connectivity index (χ1) is 20.0. The predicted molar refractivity (Wildman–Crippen MR) is 157 cm³/mol. The van der Waals surface area contributed by atoms with Crippen LogP contribution in [0, 0.1) is 0 Å². The highest BCUT2D eigenvalue weighted by Gasteiger charge is 2.36. The van der Waals surface area contributed by atoms with E-state index in [0.717, 1.165) is 22.0 Å². The van der Waals surface area contributed by atoms with Crippen LogP contribution >= 0.6 is 11.3 Å². The van der Waals surface area contributed by atoms with Crippen molar-refractivity contribution in [3.8, 4) is 11.5 Å². The van der Waals surface area contributed by atoms with Gasteiger partial charge in [0.15, 0.2) is 16.3 Å². The van der Waals surface area contributed by atoms with Crippen molar-refractivity contribution < 1.29 is 19.0 Å². The Labute approximate surface area is 238 Å². The molecule has 0 amide bonds. The normalized spacial score (nSPS) is 16.1. The number of hydrogen-bond acceptors (Lipinski definition) is 7. The SMILES string of the molecule is CCOC(=O)C1=C(c2ccccc2)N=c2s/c(=C/c3cn(C)c4ccccc34)c(=O)n2C1c1ccc2c(c1)OCO2. The summed E-state index contributed by atoms with van der Waals surface area (Å²) in [6.07, 6.45) is 3.91. The minimum atomic E-state index is -0.787. The molecule has 2 aliphatic heterocycles. The van der Waals surface area contributed by atoms with Crippen molar-refractivity contribution in [2.24, 2.45) is 12.0 Å². The quantitative estimate of drug-likeness (QED) is 0.300. The van der Waals surface area contributed by atoms with Gasteiger partial charge in [0.05, 0.1) is 28.5 Å². The number of hydrogen-bond donors (Lipinski definition) is 0. The van der Waals surface area contributed by atoms with Crippen molar-refractivity contribution in [2.45, 2.75) is 13.0 Å². The predicted octanol–water partition coefficient (Wildman–Crippen LogP) is 4.16. The van der Waals surface area contributed by atoms with Gasteiger partial charge in [-0.1, -0.05) is 65.9 Å². The highest BCUT2D eigenvalue weighted by molar-refractivity contribution is 7.07. The van der Waals surface area contributed by atoms with Crippen LogP contribution < -0.4 is 24.4 Å². The number of ether oxygens (including phenoxy) is 3. The summed E-state index contributed by atoms with van der Waals surface area (Å²) in [7, 11) is 1.98. The molecule has 0 aliphatic carbocycles. The smallest absolute Gasteiger partial charge is 0.338 e. The third kappa shape index (κ3) is 4.17. The summed E-state index contributed by atoms with van der Waals surface area (Å²) in [6, 6.07) is 22.3. The maximum Gasteiger partial charge on any atom is 0.338 e. The summed E-state index contributed by atoms with van der Waals surface area (Å²) in [6.45, 7) is 2.06. The van der Waals surface area contributed by atoms with Crippen LogP contribution in [0.1, 0.15) is 29.7 Å². The van der Waals surface area contributed by atoms with E-state index in [1.54, 1.807) is 17.6 Å². The van der Waals surface area contributed by atoms with Crippen molar-refractivity contribution >= 4 is 40.0 Å². The van der Waals surface area contributed by atoms with E-state index in [-0.39, 0.29) is 19.0 Å². The number of carbonyl (C=O) groups is 1. The number of esters is 1. The fourth-order valence-electron chi connectivity index (χ4n) is 5.47. The molecule has 9 heteroatoms. The molecule has 0 bridgehead atoms. The number of aromatic nitrogens is 2. The average Bonchev–Trinajstić information content (AvgIpc) is 3.68. The fraction of sp³-hybridized carbons (Fsp3) is 0.156. The van der Waals surface area contributed by atoms with Crippen LogP contribution in [0.15, 0.2) is 94.4 Å². The summed E-state index contributed by atoms with van der Waals surface area (Å²) in [5, 5.41) is 1.05. The minimum Gasteiger partial charge on any atom is -0.463 e. The molecule has 3 aromatic carbocycles. The lowest BCUT2D eigenvalue weighted by Gasteiger charge is -2.26. The highest BCUT2D eigenvalue weighted by Crippen LogP contribution is 2.40. The third-order valence-electron chi connectivity index (χ3n) is 7.30. The lowest BCUT2D eigenvalue weighted by Crippen LogP contribution is -2.40. The second kappa shape index (κ2) is 9.94. The van der Waals surface area contributed by atoms with Gasteiger partial charge in [0.25, 0.3) is 5.56 Å². The molecule has 8 nitrogen and oxygen atoms in total. The second-order valence-corrected chi connectivity index (χ2v) is 10.8. The molecule has 2 aromatic heterocycles. The number of rotatable bonds is 5. The summed E-state index contributed by atoms with van der Waals surface area (Å²) in [5.74, 6) is 0.644. The van der Waals surface area contributed by atoms with E-state index in [0.29, 0.717) is 37.7 Å². The molecular weight excluding hydrogens is 538 g/mol. The van der Waals surface area contributed by atoms with Crippen molar-refractivity contribution in [1.82, 2.24) is 9.13 Å². The minimum absolute atomic E-state index is 0.114. The molecule has 7 rings (SSSR count). The van der Waals surface area contributed by atoms with Gasteiger partial charge in [-0.05, 0) is 36.8 Å². The zero-order valence-electron chi connectivity index (χ0n) is 22.4. The van der Waals surface area contributed by atoms with E-state index >= 15 is 0 Å². The Balaban J connectivity index is 1.52. The van der Waals surface area contributed by atoms with Gasteiger partial charge in [-0.2, -0.15) is 0 Å². The van der Waals surface area contributed by atoms with Crippen LogP contribution in [0.25, 0.3) is 22.7 Å². The zero-order chi connectivity index (χ0) is 28.1. The largest absolute Gasteiger partial charge is 0.463 e. The van der Waals surface area contributed by atoms with E-state index in [1.165, 1.54) is 11.3 Å². The lowest BCUT2D eigenvalue weighted by molar-refractivity contribution is -0.138. The molecular formula is C32H25N3O5S. The van der Waals surface area contributed by atoms with Gasteiger partial charge in [0.1, 0.15) is 0 Å². The molecule has 1 unspecified atom stereocenters. The summed E-state index contributed by atoms with van der Waals surface area (Å²) < 4.78 is 20.9. The standard InChI is InChI=1S/C32H25N3O5S/c1-3-38-31(37)27-28(19-9-5-4-6-10-19)33-32-35(29(27)20-13-14-24-25(15-20)40-18-39-24)30(36)26(41-32)16-21-17-34(2)23-12-8-7-11-22(21)23/h4-17,29H,3,18H2,1-2H3/b26-16+. The van der Waals surface area contributed by atoms with Crippen LogP contribution in [-0.4, -0.2) is 28.5 Å². The van der Waals surface area contributed by atoms with Crippen LogP contribution in [0.5, 0.6) is 11.5 Å². The first kappa shape index (κ1) is 25.1. The first-order valence-corrected chi connectivity index (χ1v) is 14.1. The van der Waals surface area contributed by atoms with Crippen LogP contribution in [-0.2, 0) is 16.6 Å². The number of nitrogens with zero attached hydrogens (tertiary/aromatic N) is 3. The summed E-state index contributed by atoms with van der Waals surface area (Å²) >= 11 is 1.30. The van der Waals surface area contributed by atoms with E-state index < -0.39 is 12.0 Å². The molecule has 0 fully saturated rings. The molecule has 0 radical (unpaired) electrons. The lowest BCUT2D eigenvalue weighted by atomic mass is 9.93. The number of aryl methyl sites for hydroxylation is 1. The Morgan fingerprint density at radius 1 is 1.07 bits per heavy atom. The van der Waals surface area contributed by atoms with E-state index in [9.17, 15) is 9.59 Å². The molecule has 0 saturated heterocycles. The Hall–Kier alpha value is -4.89. The van der Waals surface area contributed by atoms with Crippen molar-refractivity contribution in [1.29, 1.82) is 0 Å². The Morgan fingerprint density at radius 2 is 1.85 bits per heavy atom. The van der Waals surface area contributed by atoms with Gasteiger partial charge >= 0.3 is 5.97 Å². The number of benzene rings is 3. The molecule has 1 atom stereocenters. The maximum absolute atomic E-state index is 14.2. The molecule has 204 valence electrons. The van der Waals surface area contributed by atoms with Gasteiger partial charge in [-0.3, -0.25) is 9.36 Å². The van der Waals surface area contributed by atoms with Crippen LogP contribution in [0.2, 0.25) is 0 Å². The van der Waals surface area contributed by atoms with Crippen molar-refractivity contribution in [2.75, 3.05) is 13.4 Å². The molecule has 2 aliphatic rings. The first-order valence-electron chi connectivity index (χ1n) is 13.3. The van der Waals surface area contributed by atoms with Gasteiger partial charge < -0.3 is 18.8 Å². The fourth-order valence-corrected chi connectivity index (χ4v) is 6.46. The highest BCUT2D eigenvalue weighted by atomic mass is 32.1. The average molecular weight is 564 g/mol. The number of carbonyl (C=O) groups excluding carboxylic acids is 1. The van der Waals surface area contributed by atoms with Gasteiger partial charge in [0, 0.05) is 35.3 Å². The Morgan fingerprint density at radius 3 is 2.68 bits per heavy atom. The molecule has 0 saturated carbocycles. The van der Waals surface area contributed by atoms with Crippen molar-refractivity contribution in [3.05, 3.63) is 121 Å². The van der Waals surface area contributed by atoms with Crippen molar-refractivity contribution in [3.63, 3.8) is 0 Å². The molecule has 0 spiro atoms. The molecule has 5 aromatic rings. The van der Waals surface area contributed by atoms with Gasteiger partial charge in [-0.15, -0.1) is 0 Å². The zero-order valence-corrected chi connectivity index (χ0v) is 23.2. The van der Waals surface area contributed by atoms with Crippen LogP contribution in [0.4, 0.5) is 0 Å². The van der Waals surface area contributed by atoms with Gasteiger partial charge in [-0.25, -0.2) is 9.79 Å². The maximum atomic E-state index is 14.2. The van der Waals surface area contributed by atoms with E-state index in [2.05, 4.69) is 0 Å². The second-order valence-electron chi connectivity index (χ2n) is 9.76.